The molecule has 4 rings (SSSR count). The molecule has 2 N–H and O–H groups in total. The number of nitrogens with zero attached hydrogens (tertiary/aromatic N) is 3. The summed E-state index contributed by atoms with van der Waals surface area (Å²) >= 11 is 7.53. The second kappa shape index (κ2) is 6.50. The summed E-state index contributed by atoms with van der Waals surface area (Å²) in [6.07, 6.45) is 1.51. The van der Waals surface area contributed by atoms with Crippen LogP contribution in [0.2, 0.25) is 5.02 Å². The molecule has 0 radical (unpaired) electrons. The Morgan fingerprint density at radius 3 is 2.84 bits per heavy atom. The summed E-state index contributed by atoms with van der Waals surface area (Å²) in [5.74, 6) is 0.284. The lowest BCUT2D eigenvalue weighted by Crippen LogP contribution is -2.46. The van der Waals surface area contributed by atoms with E-state index < -0.39 is 0 Å². The number of aromatic nitrogens is 3. The van der Waals surface area contributed by atoms with Crippen molar-refractivity contribution in [2.75, 3.05) is 10.6 Å². The van der Waals surface area contributed by atoms with Crippen LogP contribution >= 0.6 is 22.9 Å². The predicted molar refractivity (Wildman–Crippen MR) is 99.1 cm³/mol. The molecule has 1 aliphatic heterocycles. The molecule has 3 aromatic rings. The zero-order valence-corrected chi connectivity index (χ0v) is 15.0. The number of anilines is 2. The van der Waals surface area contributed by atoms with Crippen LogP contribution in [0.3, 0.4) is 0 Å². The van der Waals surface area contributed by atoms with Crippen LogP contribution in [-0.4, -0.2) is 26.7 Å². The average Bonchev–Trinajstić information content (AvgIpc) is 3.26. The first kappa shape index (κ1) is 16.1. The van der Waals surface area contributed by atoms with Gasteiger partial charge in [0.2, 0.25) is 11.9 Å². The average molecular weight is 374 g/mol. The molecule has 6 nitrogen and oxygen atoms in total. The number of benzene rings is 1. The molecular weight excluding hydrogens is 358 g/mol. The zero-order chi connectivity index (χ0) is 17.4. The Morgan fingerprint density at radius 2 is 2.12 bits per heavy atom. The van der Waals surface area contributed by atoms with E-state index >= 15 is 0 Å². The summed E-state index contributed by atoms with van der Waals surface area (Å²) in [6.45, 7) is 1.99. The van der Waals surface area contributed by atoms with E-state index in [2.05, 4.69) is 20.7 Å². The maximum absolute atomic E-state index is 13.1. The summed E-state index contributed by atoms with van der Waals surface area (Å²) in [6, 6.07) is 10.8. The number of carbonyl (C=O) groups is 1. The first-order valence-corrected chi connectivity index (χ1v) is 9.15. The monoisotopic (exact) mass is 373 g/mol. The third-order valence-corrected chi connectivity index (χ3v) is 5.52. The fraction of sp³-hybridized carbons (Fsp3) is 0.235. The van der Waals surface area contributed by atoms with E-state index in [0.717, 1.165) is 10.6 Å². The lowest BCUT2D eigenvalue weighted by atomic mass is 9.89. The van der Waals surface area contributed by atoms with Gasteiger partial charge in [0.15, 0.2) is 0 Å². The first-order chi connectivity index (χ1) is 12.1. The van der Waals surface area contributed by atoms with Crippen LogP contribution in [0, 0.1) is 5.92 Å². The summed E-state index contributed by atoms with van der Waals surface area (Å²) < 4.78 is 1.79. The molecule has 0 bridgehead atoms. The standard InChI is InChI=1S/C17H16ClN5OS/c1-10-14(16(24)22-12-6-4-11(18)5-7-12)15(13-3-2-8-25-13)23-17(21-10)19-9-20-23/h2-10,14-15H,1H3,(H,22,24)(H,19,20,21)/t10-,14+,15+/m1/s1. The van der Waals surface area contributed by atoms with Gasteiger partial charge in [0.1, 0.15) is 12.4 Å². The van der Waals surface area contributed by atoms with Crippen LogP contribution in [0.4, 0.5) is 11.6 Å². The van der Waals surface area contributed by atoms with Gasteiger partial charge in [-0.1, -0.05) is 17.7 Å². The highest BCUT2D eigenvalue weighted by atomic mass is 35.5. The number of fused-ring (bicyclic) bond motifs is 1. The van der Waals surface area contributed by atoms with Crippen LogP contribution in [0.15, 0.2) is 48.1 Å². The Labute approximate surface area is 153 Å². The molecule has 25 heavy (non-hydrogen) atoms. The Balaban J connectivity index is 1.68. The van der Waals surface area contributed by atoms with E-state index in [4.69, 9.17) is 11.6 Å². The molecule has 1 amide bonds. The summed E-state index contributed by atoms with van der Waals surface area (Å²) in [4.78, 5) is 18.4. The highest BCUT2D eigenvalue weighted by Crippen LogP contribution is 2.38. The molecule has 8 heteroatoms. The van der Waals surface area contributed by atoms with E-state index in [9.17, 15) is 4.79 Å². The number of rotatable bonds is 3. The second-order valence-corrected chi connectivity index (χ2v) is 7.36. The molecule has 128 valence electrons. The maximum atomic E-state index is 13.1. The van der Waals surface area contributed by atoms with Gasteiger partial charge in [0, 0.05) is 21.6 Å². The van der Waals surface area contributed by atoms with Crippen molar-refractivity contribution in [3.05, 3.63) is 58.0 Å². The van der Waals surface area contributed by atoms with Gasteiger partial charge < -0.3 is 10.6 Å². The lowest BCUT2D eigenvalue weighted by molar-refractivity contribution is -0.121. The highest BCUT2D eigenvalue weighted by molar-refractivity contribution is 7.10. The van der Waals surface area contributed by atoms with Crippen LogP contribution in [-0.2, 0) is 4.79 Å². The van der Waals surface area contributed by atoms with Gasteiger partial charge in [-0.3, -0.25) is 4.79 Å². The van der Waals surface area contributed by atoms with E-state index in [0.29, 0.717) is 11.0 Å². The van der Waals surface area contributed by atoms with Gasteiger partial charge in [0.05, 0.1) is 5.92 Å². The molecule has 0 saturated heterocycles. The first-order valence-electron chi connectivity index (χ1n) is 7.89. The van der Waals surface area contributed by atoms with Crippen LogP contribution in [0.1, 0.15) is 17.8 Å². The Bertz CT molecular complexity index is 877. The maximum Gasteiger partial charge on any atom is 0.232 e. The van der Waals surface area contributed by atoms with E-state index in [-0.39, 0.29) is 23.9 Å². The zero-order valence-electron chi connectivity index (χ0n) is 13.4. The van der Waals surface area contributed by atoms with Crippen molar-refractivity contribution in [1.29, 1.82) is 0 Å². The van der Waals surface area contributed by atoms with Crippen molar-refractivity contribution in [2.24, 2.45) is 5.92 Å². The number of nitrogens with one attached hydrogen (secondary N) is 2. The van der Waals surface area contributed by atoms with Crippen LogP contribution in [0.25, 0.3) is 0 Å². The Morgan fingerprint density at radius 1 is 1.32 bits per heavy atom. The topological polar surface area (TPSA) is 71.8 Å². The number of thiophene rings is 1. The summed E-state index contributed by atoms with van der Waals surface area (Å²) in [7, 11) is 0. The number of hydrogen-bond acceptors (Lipinski definition) is 5. The van der Waals surface area contributed by atoms with Gasteiger partial charge in [-0.05, 0) is 42.6 Å². The number of halogens is 1. The molecule has 0 aliphatic carbocycles. The number of amides is 1. The molecule has 0 fully saturated rings. The third kappa shape index (κ3) is 3.01. The lowest BCUT2D eigenvalue weighted by Gasteiger charge is -2.36. The van der Waals surface area contributed by atoms with Gasteiger partial charge in [-0.15, -0.1) is 11.3 Å². The van der Waals surface area contributed by atoms with Crippen molar-refractivity contribution in [2.45, 2.75) is 19.0 Å². The molecule has 0 unspecified atom stereocenters. The Hall–Kier alpha value is -2.38. The van der Waals surface area contributed by atoms with Crippen molar-refractivity contribution in [3.8, 4) is 0 Å². The molecule has 3 heterocycles. The minimum Gasteiger partial charge on any atom is -0.351 e. The van der Waals surface area contributed by atoms with Crippen molar-refractivity contribution in [1.82, 2.24) is 14.8 Å². The summed E-state index contributed by atoms with van der Waals surface area (Å²) in [5, 5.41) is 13.2. The molecule has 1 aromatic carbocycles. The SMILES string of the molecule is C[C@H]1Nc2ncnn2[C@@H](c2cccs2)[C@H]1C(=O)Nc1ccc(Cl)cc1. The normalized spacial score (nSPS) is 22.1. The highest BCUT2D eigenvalue weighted by Gasteiger charge is 2.41. The quantitative estimate of drug-likeness (QED) is 0.735. The fourth-order valence-electron chi connectivity index (χ4n) is 3.16. The molecular formula is C17H16ClN5OS. The van der Waals surface area contributed by atoms with E-state index in [1.807, 2.05) is 24.4 Å². The molecule has 2 aromatic heterocycles. The smallest absolute Gasteiger partial charge is 0.232 e. The van der Waals surface area contributed by atoms with Crippen molar-refractivity contribution < 1.29 is 4.79 Å². The van der Waals surface area contributed by atoms with Gasteiger partial charge in [0.25, 0.3) is 0 Å². The van der Waals surface area contributed by atoms with Gasteiger partial charge >= 0.3 is 0 Å². The molecule has 0 saturated carbocycles. The third-order valence-electron chi connectivity index (χ3n) is 4.32. The predicted octanol–water partition coefficient (Wildman–Crippen LogP) is 3.65. The number of carbonyl (C=O) groups excluding carboxylic acids is 1. The minimum absolute atomic E-state index is 0.0677. The summed E-state index contributed by atoms with van der Waals surface area (Å²) in [5.41, 5.74) is 0.718. The second-order valence-electron chi connectivity index (χ2n) is 5.94. The fourth-order valence-corrected chi connectivity index (χ4v) is 4.15. The van der Waals surface area contributed by atoms with E-state index in [1.54, 1.807) is 40.3 Å². The molecule has 3 atom stereocenters. The molecule has 1 aliphatic rings. The number of hydrogen-bond donors (Lipinski definition) is 2. The van der Waals surface area contributed by atoms with E-state index in [1.165, 1.54) is 6.33 Å². The Kier molecular flexibility index (Phi) is 4.19. The van der Waals surface area contributed by atoms with Gasteiger partial charge in [-0.25, -0.2) is 4.68 Å². The minimum atomic E-state index is -0.330. The van der Waals surface area contributed by atoms with Crippen molar-refractivity contribution in [3.63, 3.8) is 0 Å². The molecule has 0 spiro atoms. The van der Waals surface area contributed by atoms with Crippen molar-refractivity contribution >= 4 is 40.5 Å². The van der Waals surface area contributed by atoms with Crippen LogP contribution < -0.4 is 10.6 Å². The van der Waals surface area contributed by atoms with Crippen LogP contribution in [0.5, 0.6) is 0 Å². The van der Waals surface area contributed by atoms with Gasteiger partial charge in [-0.2, -0.15) is 10.1 Å². The largest absolute Gasteiger partial charge is 0.351 e.